The number of nitrogens with zero attached hydrogens (tertiary/aromatic N) is 1. The molecule has 5 rings (SSSR count). The summed E-state index contributed by atoms with van der Waals surface area (Å²) in [5.74, 6) is 0.819. The van der Waals surface area contributed by atoms with Crippen LogP contribution >= 0.6 is 11.6 Å². The number of fused-ring (bicyclic) bond motifs is 4. The average Bonchev–Trinajstić information content (AvgIpc) is 3.20. The summed E-state index contributed by atoms with van der Waals surface area (Å²) < 4.78 is 10.7. The van der Waals surface area contributed by atoms with Gasteiger partial charge in [0.15, 0.2) is 0 Å². The van der Waals surface area contributed by atoms with Crippen LogP contribution in [0.4, 0.5) is 4.79 Å². The molecule has 26 heavy (non-hydrogen) atoms. The van der Waals surface area contributed by atoms with Gasteiger partial charge in [0.2, 0.25) is 0 Å². The van der Waals surface area contributed by atoms with E-state index in [9.17, 15) is 4.79 Å². The molecule has 0 saturated carbocycles. The molecule has 1 aromatic heterocycles. The highest BCUT2D eigenvalue weighted by Gasteiger charge is 2.45. The lowest BCUT2D eigenvalue weighted by molar-refractivity contribution is 0.147. The van der Waals surface area contributed by atoms with Crippen LogP contribution in [0.15, 0.2) is 42.5 Å². The van der Waals surface area contributed by atoms with Crippen LogP contribution in [0.25, 0.3) is 10.9 Å². The summed E-state index contributed by atoms with van der Waals surface area (Å²) in [5, 5.41) is 1.78. The van der Waals surface area contributed by atoms with E-state index in [1.165, 1.54) is 5.56 Å². The summed E-state index contributed by atoms with van der Waals surface area (Å²) in [6.07, 6.45) is 0.479. The van der Waals surface area contributed by atoms with Crippen molar-refractivity contribution in [2.45, 2.75) is 18.5 Å². The van der Waals surface area contributed by atoms with Crippen LogP contribution in [0.5, 0.6) is 5.75 Å². The number of hydrogen-bond acceptors (Lipinski definition) is 3. The number of methoxy groups -OCH3 is 1. The molecule has 6 heteroatoms. The van der Waals surface area contributed by atoms with Crippen molar-refractivity contribution < 1.29 is 14.3 Å². The zero-order valence-corrected chi connectivity index (χ0v) is 14.9. The smallest absolute Gasteiger partial charge is 0.411 e. The molecule has 2 aromatic carbocycles. The molecule has 0 radical (unpaired) electrons. The normalized spacial score (nSPS) is 21.5. The Morgan fingerprint density at radius 3 is 2.96 bits per heavy atom. The molecule has 1 fully saturated rings. The number of H-pyrrole nitrogens is 1. The van der Waals surface area contributed by atoms with Crippen LogP contribution in [-0.2, 0) is 11.2 Å². The van der Waals surface area contributed by atoms with Gasteiger partial charge in [-0.1, -0.05) is 23.7 Å². The van der Waals surface area contributed by atoms with Gasteiger partial charge in [-0.3, -0.25) is 4.90 Å². The third kappa shape index (κ3) is 2.20. The van der Waals surface area contributed by atoms with E-state index in [1.807, 2.05) is 47.4 Å². The van der Waals surface area contributed by atoms with E-state index in [2.05, 4.69) is 4.98 Å². The number of ether oxygens (including phenoxy) is 2. The molecule has 132 valence electrons. The van der Waals surface area contributed by atoms with Crippen LogP contribution in [0, 0.1) is 0 Å². The summed E-state index contributed by atoms with van der Waals surface area (Å²) in [5.41, 5.74) is 4.24. The molecular formula is C20H17ClN2O3. The molecule has 2 aliphatic heterocycles. The summed E-state index contributed by atoms with van der Waals surface area (Å²) in [7, 11) is 1.67. The lowest BCUT2D eigenvalue weighted by atomic mass is 9.89. The number of nitrogens with one attached hydrogen (secondary N) is 1. The zero-order chi connectivity index (χ0) is 17.8. The highest BCUT2D eigenvalue weighted by Crippen LogP contribution is 2.43. The molecule has 0 aliphatic carbocycles. The zero-order valence-electron chi connectivity index (χ0n) is 14.2. The van der Waals surface area contributed by atoms with Crippen molar-refractivity contribution in [3.05, 3.63) is 64.3 Å². The number of hydrogen-bond donors (Lipinski definition) is 1. The van der Waals surface area contributed by atoms with E-state index < -0.39 is 0 Å². The Morgan fingerprint density at radius 2 is 2.15 bits per heavy atom. The van der Waals surface area contributed by atoms with E-state index in [-0.39, 0.29) is 18.2 Å². The molecule has 5 nitrogen and oxygen atoms in total. The number of rotatable bonds is 2. The maximum Gasteiger partial charge on any atom is 0.411 e. The fourth-order valence-corrected chi connectivity index (χ4v) is 4.35. The highest BCUT2D eigenvalue weighted by atomic mass is 35.5. The standard InChI is InChI=1S/C20H17ClN2O3/c1-25-14-5-6-17-15(9-14)16-8-13-10-26-20(24)23(13)19(18(16)22-17)11-3-2-4-12(21)7-11/h2-7,9,13,19,22H,8,10H2,1H3/t13?,19-/m0/s1. The molecule has 0 bridgehead atoms. The summed E-state index contributed by atoms with van der Waals surface area (Å²) in [6, 6.07) is 13.4. The van der Waals surface area contributed by atoms with Crippen molar-refractivity contribution >= 4 is 28.6 Å². The quantitative estimate of drug-likeness (QED) is 0.733. The second-order valence-electron chi connectivity index (χ2n) is 6.73. The predicted molar refractivity (Wildman–Crippen MR) is 98.8 cm³/mol. The van der Waals surface area contributed by atoms with E-state index in [1.54, 1.807) is 7.11 Å². The topological polar surface area (TPSA) is 54.6 Å². The minimum absolute atomic E-state index is 0.0178. The molecule has 3 heterocycles. The van der Waals surface area contributed by atoms with Crippen molar-refractivity contribution in [1.29, 1.82) is 0 Å². The molecule has 1 N–H and O–H groups in total. The van der Waals surface area contributed by atoms with E-state index in [0.717, 1.165) is 34.3 Å². The van der Waals surface area contributed by atoms with Gasteiger partial charge in [-0.05, 0) is 47.9 Å². The fraction of sp³-hybridized carbons (Fsp3) is 0.250. The largest absolute Gasteiger partial charge is 0.497 e. The van der Waals surface area contributed by atoms with E-state index in [4.69, 9.17) is 21.1 Å². The second kappa shape index (κ2) is 5.68. The van der Waals surface area contributed by atoms with Crippen molar-refractivity contribution in [3.8, 4) is 5.75 Å². The van der Waals surface area contributed by atoms with Crippen LogP contribution in [0.2, 0.25) is 5.02 Å². The number of carbonyl (C=O) groups excluding carboxylic acids is 1. The molecule has 1 amide bonds. The number of cyclic esters (lactones) is 1. The summed E-state index contributed by atoms with van der Waals surface area (Å²) in [4.78, 5) is 17.8. The number of benzene rings is 2. The van der Waals surface area contributed by atoms with Gasteiger partial charge >= 0.3 is 6.09 Å². The number of aromatic amines is 1. The van der Waals surface area contributed by atoms with Gasteiger partial charge in [0.1, 0.15) is 18.4 Å². The Bertz CT molecular complexity index is 1030. The van der Waals surface area contributed by atoms with Crippen molar-refractivity contribution in [1.82, 2.24) is 9.88 Å². The molecular weight excluding hydrogens is 352 g/mol. The van der Waals surface area contributed by atoms with Gasteiger partial charge in [0, 0.05) is 21.6 Å². The van der Waals surface area contributed by atoms with Gasteiger partial charge in [-0.25, -0.2) is 4.79 Å². The Balaban J connectivity index is 1.75. The van der Waals surface area contributed by atoms with Crippen LogP contribution < -0.4 is 4.74 Å². The fourth-order valence-electron chi connectivity index (χ4n) is 4.15. The molecule has 1 unspecified atom stereocenters. The monoisotopic (exact) mass is 368 g/mol. The Morgan fingerprint density at radius 1 is 1.27 bits per heavy atom. The van der Waals surface area contributed by atoms with Gasteiger partial charge < -0.3 is 14.5 Å². The van der Waals surface area contributed by atoms with E-state index in [0.29, 0.717) is 11.6 Å². The number of halogens is 1. The lowest BCUT2D eigenvalue weighted by Gasteiger charge is -2.35. The van der Waals surface area contributed by atoms with Crippen LogP contribution in [0.3, 0.4) is 0 Å². The number of carbonyl (C=O) groups is 1. The summed E-state index contributed by atoms with van der Waals surface area (Å²) in [6.45, 7) is 0.409. The van der Waals surface area contributed by atoms with E-state index >= 15 is 0 Å². The maximum atomic E-state index is 12.4. The number of aromatic nitrogens is 1. The Kier molecular flexibility index (Phi) is 3.40. The third-order valence-corrected chi connectivity index (χ3v) is 5.54. The lowest BCUT2D eigenvalue weighted by Crippen LogP contribution is -2.42. The van der Waals surface area contributed by atoms with Crippen molar-refractivity contribution in [2.24, 2.45) is 0 Å². The predicted octanol–water partition coefficient (Wildman–Crippen LogP) is 4.30. The molecule has 0 spiro atoms. The van der Waals surface area contributed by atoms with Gasteiger partial charge in [0.05, 0.1) is 13.2 Å². The molecule has 1 saturated heterocycles. The molecule has 2 aliphatic rings. The van der Waals surface area contributed by atoms with Crippen LogP contribution in [-0.4, -0.2) is 35.7 Å². The first-order chi connectivity index (χ1) is 12.7. The Hall–Kier alpha value is -2.66. The number of amides is 1. The first-order valence-corrected chi connectivity index (χ1v) is 8.92. The Labute approximate surface area is 155 Å². The second-order valence-corrected chi connectivity index (χ2v) is 7.16. The third-order valence-electron chi connectivity index (χ3n) is 5.31. The van der Waals surface area contributed by atoms with Gasteiger partial charge in [0.25, 0.3) is 0 Å². The SMILES string of the molecule is COc1ccc2[nH]c3c(c2c1)CC1COC(=O)N1[C@H]3c1cccc(Cl)c1. The maximum absolute atomic E-state index is 12.4. The van der Waals surface area contributed by atoms with Crippen LogP contribution in [0.1, 0.15) is 22.9 Å². The first kappa shape index (κ1) is 15.6. The molecule has 3 aromatic rings. The van der Waals surface area contributed by atoms with Gasteiger partial charge in [-0.15, -0.1) is 0 Å². The van der Waals surface area contributed by atoms with Crippen molar-refractivity contribution in [2.75, 3.05) is 13.7 Å². The minimum Gasteiger partial charge on any atom is -0.497 e. The average molecular weight is 369 g/mol. The van der Waals surface area contributed by atoms with Crippen molar-refractivity contribution in [3.63, 3.8) is 0 Å². The summed E-state index contributed by atoms with van der Waals surface area (Å²) >= 11 is 6.23. The first-order valence-electron chi connectivity index (χ1n) is 8.55. The highest BCUT2D eigenvalue weighted by molar-refractivity contribution is 6.30. The minimum atomic E-state index is -0.276. The molecule has 2 atom stereocenters. The van der Waals surface area contributed by atoms with Gasteiger partial charge in [-0.2, -0.15) is 0 Å².